The Morgan fingerprint density at radius 2 is 2.11 bits per heavy atom. The fourth-order valence-electron chi connectivity index (χ4n) is 2.08. The number of rotatable bonds is 3. The van der Waals surface area contributed by atoms with Crippen LogP contribution in [0.2, 0.25) is 0 Å². The number of amides is 1. The van der Waals surface area contributed by atoms with Crippen molar-refractivity contribution in [3.05, 3.63) is 34.1 Å². The lowest BCUT2D eigenvalue weighted by Gasteiger charge is -2.36. The quantitative estimate of drug-likeness (QED) is 0.888. The standard InChI is InChI=1S/C13H15BrFNO3/c14-10-5-9(6-11(15)7-10)12(18)16-13(8-17)1-3-19-4-2-13/h5-7,17H,1-4,8H2,(H,16,18). The molecular weight excluding hydrogens is 317 g/mol. The third-order valence-electron chi connectivity index (χ3n) is 3.26. The van der Waals surface area contributed by atoms with Gasteiger partial charge in [0.25, 0.3) is 5.91 Å². The number of ether oxygens (including phenoxy) is 1. The second-order valence-electron chi connectivity index (χ2n) is 4.66. The van der Waals surface area contributed by atoms with Gasteiger partial charge in [0, 0.05) is 23.2 Å². The van der Waals surface area contributed by atoms with Gasteiger partial charge in [0.15, 0.2) is 0 Å². The highest BCUT2D eigenvalue weighted by Gasteiger charge is 2.33. The first-order chi connectivity index (χ1) is 9.04. The molecule has 0 atom stereocenters. The number of hydrogen-bond donors (Lipinski definition) is 2. The molecule has 0 bridgehead atoms. The van der Waals surface area contributed by atoms with Crippen molar-refractivity contribution in [2.24, 2.45) is 0 Å². The topological polar surface area (TPSA) is 58.6 Å². The van der Waals surface area contributed by atoms with Gasteiger partial charge in [0.1, 0.15) is 5.82 Å². The third kappa shape index (κ3) is 3.52. The van der Waals surface area contributed by atoms with Crippen molar-refractivity contribution in [2.75, 3.05) is 19.8 Å². The van der Waals surface area contributed by atoms with Gasteiger partial charge in [-0.15, -0.1) is 0 Å². The molecule has 6 heteroatoms. The van der Waals surface area contributed by atoms with Gasteiger partial charge in [-0.1, -0.05) is 15.9 Å². The van der Waals surface area contributed by atoms with E-state index < -0.39 is 17.3 Å². The lowest BCUT2D eigenvalue weighted by molar-refractivity contribution is 0.0125. The van der Waals surface area contributed by atoms with Gasteiger partial charge in [-0.2, -0.15) is 0 Å². The second kappa shape index (κ2) is 5.98. The summed E-state index contributed by atoms with van der Waals surface area (Å²) in [6.07, 6.45) is 1.09. The average molecular weight is 332 g/mol. The molecule has 2 N–H and O–H groups in total. The van der Waals surface area contributed by atoms with Crippen molar-refractivity contribution in [1.29, 1.82) is 0 Å². The summed E-state index contributed by atoms with van der Waals surface area (Å²) in [6, 6.07) is 4.00. The van der Waals surface area contributed by atoms with E-state index in [1.165, 1.54) is 12.1 Å². The molecule has 4 nitrogen and oxygen atoms in total. The summed E-state index contributed by atoms with van der Waals surface area (Å²) in [7, 11) is 0. The van der Waals surface area contributed by atoms with Gasteiger partial charge in [-0.25, -0.2) is 4.39 Å². The maximum Gasteiger partial charge on any atom is 0.251 e. The van der Waals surface area contributed by atoms with E-state index in [0.717, 1.165) is 0 Å². The molecule has 1 aliphatic rings. The van der Waals surface area contributed by atoms with Crippen LogP contribution in [0.1, 0.15) is 23.2 Å². The van der Waals surface area contributed by atoms with Crippen molar-refractivity contribution in [1.82, 2.24) is 5.32 Å². The molecule has 0 unspecified atom stereocenters. The molecule has 2 rings (SSSR count). The number of aliphatic hydroxyl groups is 1. The van der Waals surface area contributed by atoms with E-state index in [9.17, 15) is 14.3 Å². The maximum absolute atomic E-state index is 13.3. The molecule has 0 aromatic heterocycles. The van der Waals surface area contributed by atoms with Gasteiger partial charge >= 0.3 is 0 Å². The fraction of sp³-hybridized carbons (Fsp3) is 0.462. The van der Waals surface area contributed by atoms with Gasteiger partial charge in [0.05, 0.1) is 12.1 Å². The van der Waals surface area contributed by atoms with Gasteiger partial charge < -0.3 is 15.2 Å². The van der Waals surface area contributed by atoms with Crippen LogP contribution in [0.15, 0.2) is 22.7 Å². The largest absolute Gasteiger partial charge is 0.394 e. The summed E-state index contributed by atoms with van der Waals surface area (Å²) in [5.74, 6) is -0.874. The van der Waals surface area contributed by atoms with Crippen LogP contribution < -0.4 is 5.32 Å². The fourth-order valence-corrected chi connectivity index (χ4v) is 2.55. The number of aliphatic hydroxyl groups excluding tert-OH is 1. The molecule has 1 amide bonds. The Kier molecular flexibility index (Phi) is 4.54. The summed E-state index contributed by atoms with van der Waals surface area (Å²) >= 11 is 3.15. The van der Waals surface area contributed by atoms with Crippen LogP contribution in [0.25, 0.3) is 0 Å². The normalized spacial score (nSPS) is 18.1. The monoisotopic (exact) mass is 331 g/mol. The van der Waals surface area contributed by atoms with E-state index in [0.29, 0.717) is 30.5 Å². The first-order valence-electron chi connectivity index (χ1n) is 6.02. The third-order valence-corrected chi connectivity index (χ3v) is 3.71. The molecule has 1 aliphatic heterocycles. The Hall–Kier alpha value is -0.980. The molecule has 104 valence electrons. The van der Waals surface area contributed by atoms with E-state index in [2.05, 4.69) is 21.2 Å². The minimum Gasteiger partial charge on any atom is -0.394 e. The van der Waals surface area contributed by atoms with E-state index >= 15 is 0 Å². The number of carbonyl (C=O) groups is 1. The SMILES string of the molecule is O=C(NC1(CO)CCOCC1)c1cc(F)cc(Br)c1. The summed E-state index contributed by atoms with van der Waals surface area (Å²) in [5, 5.41) is 12.3. The number of hydrogen-bond acceptors (Lipinski definition) is 3. The molecule has 0 spiro atoms. The second-order valence-corrected chi connectivity index (χ2v) is 5.58. The van der Waals surface area contributed by atoms with Gasteiger partial charge in [-0.05, 0) is 31.0 Å². The van der Waals surface area contributed by atoms with Crippen LogP contribution in [0, 0.1) is 5.82 Å². The van der Waals surface area contributed by atoms with Gasteiger partial charge in [0.2, 0.25) is 0 Å². The summed E-state index contributed by atoms with van der Waals surface area (Å²) in [4.78, 5) is 12.1. The lowest BCUT2D eigenvalue weighted by Crippen LogP contribution is -2.54. The van der Waals surface area contributed by atoms with Crippen molar-refractivity contribution < 1.29 is 19.0 Å². The molecule has 1 heterocycles. The Morgan fingerprint density at radius 3 is 2.68 bits per heavy atom. The molecule has 1 aromatic rings. The van der Waals surface area contributed by atoms with Gasteiger partial charge in [-0.3, -0.25) is 4.79 Å². The number of nitrogens with one attached hydrogen (secondary N) is 1. The highest BCUT2D eigenvalue weighted by atomic mass is 79.9. The molecular formula is C13H15BrFNO3. The number of benzene rings is 1. The zero-order valence-electron chi connectivity index (χ0n) is 10.3. The first kappa shape index (κ1) is 14.4. The van der Waals surface area contributed by atoms with Crippen molar-refractivity contribution >= 4 is 21.8 Å². The van der Waals surface area contributed by atoms with E-state index in [1.54, 1.807) is 6.07 Å². The van der Waals surface area contributed by atoms with E-state index in [1.807, 2.05) is 0 Å². The number of carbonyl (C=O) groups excluding carboxylic acids is 1. The molecule has 0 aliphatic carbocycles. The smallest absolute Gasteiger partial charge is 0.251 e. The minimum absolute atomic E-state index is 0.154. The Bertz CT molecular complexity index is 455. The van der Waals surface area contributed by atoms with Crippen LogP contribution >= 0.6 is 15.9 Å². The predicted octanol–water partition coefficient (Wildman–Crippen LogP) is 1.86. The number of halogens is 2. The molecule has 0 radical (unpaired) electrons. The van der Waals surface area contributed by atoms with Crippen molar-refractivity contribution in [2.45, 2.75) is 18.4 Å². The molecule has 1 fully saturated rings. The van der Waals surface area contributed by atoms with E-state index in [-0.39, 0.29) is 12.2 Å². The average Bonchev–Trinajstić information content (AvgIpc) is 2.38. The molecule has 19 heavy (non-hydrogen) atoms. The lowest BCUT2D eigenvalue weighted by atomic mass is 9.90. The maximum atomic E-state index is 13.3. The van der Waals surface area contributed by atoms with Crippen LogP contribution in [0.5, 0.6) is 0 Å². The van der Waals surface area contributed by atoms with Crippen LogP contribution in [-0.2, 0) is 4.74 Å². The summed E-state index contributed by atoms with van der Waals surface area (Å²) in [6.45, 7) is 0.833. The first-order valence-corrected chi connectivity index (χ1v) is 6.81. The van der Waals surface area contributed by atoms with Crippen LogP contribution in [-0.4, -0.2) is 36.4 Å². The van der Waals surface area contributed by atoms with E-state index in [4.69, 9.17) is 4.74 Å². The molecule has 1 saturated heterocycles. The summed E-state index contributed by atoms with van der Waals surface area (Å²) < 4.78 is 19.0. The van der Waals surface area contributed by atoms with Crippen molar-refractivity contribution in [3.8, 4) is 0 Å². The Labute approximate surface area is 119 Å². The Balaban J connectivity index is 2.15. The predicted molar refractivity (Wildman–Crippen MR) is 71.4 cm³/mol. The van der Waals surface area contributed by atoms with Crippen LogP contribution in [0.4, 0.5) is 4.39 Å². The highest BCUT2D eigenvalue weighted by Crippen LogP contribution is 2.22. The van der Waals surface area contributed by atoms with Crippen LogP contribution in [0.3, 0.4) is 0 Å². The zero-order valence-corrected chi connectivity index (χ0v) is 11.9. The minimum atomic E-state index is -0.672. The zero-order chi connectivity index (χ0) is 13.9. The Morgan fingerprint density at radius 1 is 1.42 bits per heavy atom. The molecule has 1 aromatic carbocycles. The van der Waals surface area contributed by atoms with Crippen molar-refractivity contribution in [3.63, 3.8) is 0 Å². The highest BCUT2D eigenvalue weighted by molar-refractivity contribution is 9.10. The molecule has 0 saturated carbocycles. The summed E-state index contributed by atoms with van der Waals surface area (Å²) in [5.41, 5.74) is -0.445.